The Kier molecular flexibility index (Phi) is 4.51. The van der Waals surface area contributed by atoms with Crippen LogP contribution in [0.15, 0.2) is 22.7 Å². The average molecular weight is 302 g/mol. The van der Waals surface area contributed by atoms with E-state index in [1.165, 1.54) is 14.0 Å². The molecule has 0 bridgehead atoms. The lowest BCUT2D eigenvalue weighted by Gasteiger charge is -2.13. The van der Waals surface area contributed by atoms with E-state index in [1.807, 2.05) is 0 Å². The van der Waals surface area contributed by atoms with Crippen LogP contribution in [0.3, 0.4) is 0 Å². The van der Waals surface area contributed by atoms with Crippen LogP contribution in [0.25, 0.3) is 0 Å². The van der Waals surface area contributed by atoms with Gasteiger partial charge in [-0.1, -0.05) is 6.07 Å². The highest BCUT2D eigenvalue weighted by Gasteiger charge is 2.16. The molecular weight excluding hydrogens is 290 g/mol. The van der Waals surface area contributed by atoms with Crippen LogP contribution < -0.4 is 5.32 Å². The van der Waals surface area contributed by atoms with Gasteiger partial charge in [0.25, 0.3) is 0 Å². The van der Waals surface area contributed by atoms with Gasteiger partial charge in [-0.05, 0) is 35.0 Å². The maximum Gasteiger partial charge on any atom is 0.339 e. The quantitative estimate of drug-likeness (QED) is 0.833. The van der Waals surface area contributed by atoms with Crippen LogP contribution in [0.5, 0.6) is 0 Å². The summed E-state index contributed by atoms with van der Waals surface area (Å²) in [5.74, 6) is -1.45. The van der Waals surface area contributed by atoms with Crippen molar-refractivity contribution >= 4 is 33.6 Å². The molecule has 17 heavy (non-hydrogen) atoms. The molecule has 1 aromatic rings. The standard InChI is InChI=1S/C11H12BrNO4/c1-6(10(14)15)13-8-5-3-4-7(9(8)12)11(16)17-2/h3-6,13H,1-2H3,(H,14,15)/t6-/m0/s1. The molecule has 0 aliphatic carbocycles. The van der Waals surface area contributed by atoms with Crippen molar-refractivity contribution in [2.24, 2.45) is 0 Å². The second-order valence-corrected chi connectivity index (χ2v) is 4.16. The highest BCUT2D eigenvalue weighted by atomic mass is 79.9. The Bertz CT molecular complexity index is 447. The molecule has 0 radical (unpaired) electrons. The zero-order valence-corrected chi connectivity index (χ0v) is 10.9. The average Bonchev–Trinajstić information content (AvgIpc) is 2.30. The molecule has 1 atom stereocenters. The molecule has 0 fully saturated rings. The number of nitrogens with one attached hydrogen (secondary N) is 1. The van der Waals surface area contributed by atoms with Crippen LogP contribution >= 0.6 is 15.9 Å². The molecule has 1 rings (SSSR count). The molecule has 6 heteroatoms. The molecule has 0 aliphatic rings. The normalized spacial score (nSPS) is 11.7. The summed E-state index contributed by atoms with van der Waals surface area (Å²) >= 11 is 3.24. The lowest BCUT2D eigenvalue weighted by Crippen LogP contribution is -2.25. The molecule has 5 nitrogen and oxygen atoms in total. The topological polar surface area (TPSA) is 75.6 Å². The minimum absolute atomic E-state index is 0.343. The van der Waals surface area contributed by atoms with Gasteiger partial charge in [0.15, 0.2) is 0 Å². The van der Waals surface area contributed by atoms with Gasteiger partial charge in [0.2, 0.25) is 0 Å². The molecule has 0 saturated heterocycles. The van der Waals surface area contributed by atoms with Gasteiger partial charge >= 0.3 is 11.9 Å². The van der Waals surface area contributed by atoms with Gasteiger partial charge in [0, 0.05) is 5.69 Å². The number of hydrogen-bond acceptors (Lipinski definition) is 4. The van der Waals surface area contributed by atoms with Gasteiger partial charge in [0.1, 0.15) is 6.04 Å². The first-order chi connectivity index (χ1) is 7.97. The molecule has 2 N–H and O–H groups in total. The number of methoxy groups -OCH3 is 1. The van der Waals surface area contributed by atoms with Crippen LogP contribution in [0.4, 0.5) is 5.69 Å². The van der Waals surface area contributed by atoms with E-state index in [9.17, 15) is 9.59 Å². The number of carboxylic acid groups (broad SMARTS) is 1. The number of carboxylic acids is 1. The Labute approximate surface area is 107 Å². The van der Waals surface area contributed by atoms with Crippen LogP contribution in [-0.4, -0.2) is 30.2 Å². The first-order valence-electron chi connectivity index (χ1n) is 4.83. The summed E-state index contributed by atoms with van der Waals surface area (Å²) in [6.45, 7) is 1.51. The van der Waals surface area contributed by atoms with Crippen molar-refractivity contribution in [1.29, 1.82) is 0 Å². The molecule has 0 unspecified atom stereocenters. The minimum Gasteiger partial charge on any atom is -0.480 e. The molecular formula is C11H12BrNO4. The third-order valence-corrected chi connectivity index (χ3v) is 3.00. The highest BCUT2D eigenvalue weighted by Crippen LogP contribution is 2.27. The summed E-state index contributed by atoms with van der Waals surface area (Å²) in [4.78, 5) is 22.1. The molecule has 0 spiro atoms. The minimum atomic E-state index is -0.972. The second kappa shape index (κ2) is 5.67. The van der Waals surface area contributed by atoms with E-state index < -0.39 is 18.0 Å². The number of benzene rings is 1. The van der Waals surface area contributed by atoms with Crippen molar-refractivity contribution < 1.29 is 19.4 Å². The molecule has 92 valence electrons. The van der Waals surface area contributed by atoms with E-state index >= 15 is 0 Å². The smallest absolute Gasteiger partial charge is 0.339 e. The summed E-state index contributed by atoms with van der Waals surface area (Å²) in [6, 6.07) is 4.16. The third kappa shape index (κ3) is 3.20. The Balaban J connectivity index is 3.02. The predicted molar refractivity (Wildman–Crippen MR) is 66.2 cm³/mol. The van der Waals surface area contributed by atoms with Gasteiger partial charge in [-0.2, -0.15) is 0 Å². The Morgan fingerprint density at radius 3 is 2.65 bits per heavy atom. The van der Waals surface area contributed by atoms with Crippen molar-refractivity contribution in [3.05, 3.63) is 28.2 Å². The lowest BCUT2D eigenvalue weighted by molar-refractivity contribution is -0.137. The zero-order chi connectivity index (χ0) is 13.0. The van der Waals surface area contributed by atoms with Gasteiger partial charge in [-0.15, -0.1) is 0 Å². The lowest BCUT2D eigenvalue weighted by atomic mass is 10.2. The van der Waals surface area contributed by atoms with Gasteiger partial charge in [-0.25, -0.2) is 4.79 Å². The fourth-order valence-electron chi connectivity index (χ4n) is 1.21. The summed E-state index contributed by atoms with van der Waals surface area (Å²) < 4.78 is 5.10. The van der Waals surface area contributed by atoms with E-state index in [-0.39, 0.29) is 0 Å². The molecule has 0 heterocycles. The summed E-state index contributed by atoms with van der Waals surface area (Å²) in [5.41, 5.74) is 0.873. The number of halogens is 1. The van der Waals surface area contributed by atoms with Crippen molar-refractivity contribution in [2.75, 3.05) is 12.4 Å². The zero-order valence-electron chi connectivity index (χ0n) is 9.36. The molecule has 0 saturated carbocycles. The monoisotopic (exact) mass is 301 g/mol. The third-order valence-electron chi connectivity index (χ3n) is 2.15. The van der Waals surface area contributed by atoms with E-state index in [1.54, 1.807) is 18.2 Å². The molecule has 0 aliphatic heterocycles. The van der Waals surface area contributed by atoms with Gasteiger partial charge < -0.3 is 15.2 Å². The largest absolute Gasteiger partial charge is 0.480 e. The van der Waals surface area contributed by atoms with Crippen LogP contribution in [-0.2, 0) is 9.53 Å². The Morgan fingerprint density at radius 2 is 2.12 bits per heavy atom. The Hall–Kier alpha value is -1.56. The molecule has 0 amide bonds. The number of hydrogen-bond donors (Lipinski definition) is 2. The van der Waals surface area contributed by atoms with Crippen molar-refractivity contribution in [3.8, 4) is 0 Å². The maximum atomic E-state index is 11.4. The number of esters is 1. The summed E-state index contributed by atoms with van der Waals surface area (Å²) in [7, 11) is 1.29. The molecule has 1 aromatic carbocycles. The first-order valence-corrected chi connectivity index (χ1v) is 5.62. The van der Waals surface area contributed by atoms with E-state index in [0.29, 0.717) is 15.7 Å². The van der Waals surface area contributed by atoms with E-state index in [2.05, 4.69) is 26.0 Å². The number of aliphatic carboxylic acids is 1. The van der Waals surface area contributed by atoms with Crippen LogP contribution in [0, 0.1) is 0 Å². The number of carbonyl (C=O) groups excluding carboxylic acids is 1. The fourth-order valence-corrected chi connectivity index (χ4v) is 1.75. The highest BCUT2D eigenvalue weighted by molar-refractivity contribution is 9.10. The SMILES string of the molecule is COC(=O)c1cccc(N[C@@H](C)C(=O)O)c1Br. The number of ether oxygens (including phenoxy) is 1. The predicted octanol–water partition coefficient (Wildman–Crippen LogP) is 2.12. The van der Waals surface area contributed by atoms with Gasteiger partial charge in [0.05, 0.1) is 17.1 Å². The summed E-state index contributed by atoms with van der Waals surface area (Å²) in [6.07, 6.45) is 0. The Morgan fingerprint density at radius 1 is 1.47 bits per heavy atom. The summed E-state index contributed by atoms with van der Waals surface area (Å²) in [5, 5.41) is 11.6. The molecule has 0 aromatic heterocycles. The van der Waals surface area contributed by atoms with E-state index in [0.717, 1.165) is 0 Å². The fraction of sp³-hybridized carbons (Fsp3) is 0.273. The first kappa shape index (κ1) is 13.5. The maximum absolute atomic E-state index is 11.4. The van der Waals surface area contributed by atoms with E-state index in [4.69, 9.17) is 5.11 Å². The van der Waals surface area contributed by atoms with Crippen molar-refractivity contribution in [3.63, 3.8) is 0 Å². The van der Waals surface area contributed by atoms with Crippen molar-refractivity contribution in [1.82, 2.24) is 0 Å². The van der Waals surface area contributed by atoms with Gasteiger partial charge in [-0.3, -0.25) is 4.79 Å². The van der Waals surface area contributed by atoms with Crippen molar-refractivity contribution in [2.45, 2.75) is 13.0 Å². The van der Waals surface area contributed by atoms with Crippen LogP contribution in [0.1, 0.15) is 17.3 Å². The number of rotatable bonds is 4. The second-order valence-electron chi connectivity index (χ2n) is 3.36. The number of carbonyl (C=O) groups is 2. The number of anilines is 1. The van der Waals surface area contributed by atoms with Crippen LogP contribution in [0.2, 0.25) is 0 Å².